The highest BCUT2D eigenvalue weighted by Crippen LogP contribution is 2.21. The van der Waals surface area contributed by atoms with Gasteiger partial charge >= 0.3 is 0 Å². The normalized spacial score (nSPS) is 13.3. The summed E-state index contributed by atoms with van der Waals surface area (Å²) in [6.45, 7) is 0.163. The molecule has 1 aromatic heterocycles. The van der Waals surface area contributed by atoms with Crippen LogP contribution in [0.1, 0.15) is 18.2 Å². The molecule has 1 heterocycles. The third-order valence-corrected chi connectivity index (χ3v) is 5.63. The Morgan fingerprint density at radius 1 is 1.29 bits per heavy atom. The first-order valence-electron chi connectivity index (χ1n) is 6.45. The molecule has 0 radical (unpaired) electrons. The van der Waals surface area contributed by atoms with Crippen LogP contribution in [0.3, 0.4) is 0 Å². The van der Waals surface area contributed by atoms with E-state index in [1.54, 1.807) is 18.2 Å². The largest absolute Gasteiger partial charge is 0.387 e. The number of halogens is 1. The fraction of sp³-hybridized carbons (Fsp3) is 0.286. The van der Waals surface area contributed by atoms with Gasteiger partial charge < -0.3 is 9.67 Å². The second kappa shape index (κ2) is 6.74. The summed E-state index contributed by atoms with van der Waals surface area (Å²) in [4.78, 5) is 0.193. The van der Waals surface area contributed by atoms with Crippen molar-refractivity contribution < 1.29 is 13.5 Å². The summed E-state index contributed by atoms with van der Waals surface area (Å²) in [7, 11) is -1.74. The van der Waals surface area contributed by atoms with Gasteiger partial charge in [0.1, 0.15) is 0 Å². The molecule has 7 heteroatoms. The molecule has 0 fully saturated rings. The van der Waals surface area contributed by atoms with Gasteiger partial charge in [-0.1, -0.05) is 12.1 Å². The SMILES string of the molecule is Cn1cccc1[C@H](O)CCNS(=O)(=O)c1ccccc1Br. The quantitative estimate of drug-likeness (QED) is 0.816. The number of benzene rings is 1. The van der Waals surface area contributed by atoms with Crippen LogP contribution in [0.5, 0.6) is 0 Å². The molecule has 1 aromatic carbocycles. The molecule has 0 amide bonds. The monoisotopic (exact) mass is 372 g/mol. The smallest absolute Gasteiger partial charge is 0.241 e. The minimum absolute atomic E-state index is 0.163. The van der Waals surface area contributed by atoms with Crippen LogP contribution in [-0.2, 0) is 17.1 Å². The molecular weight excluding hydrogens is 356 g/mol. The lowest BCUT2D eigenvalue weighted by atomic mass is 10.2. The number of sulfonamides is 1. The van der Waals surface area contributed by atoms with Gasteiger partial charge in [0.15, 0.2) is 0 Å². The van der Waals surface area contributed by atoms with Crippen molar-refractivity contribution in [3.63, 3.8) is 0 Å². The van der Waals surface area contributed by atoms with Crippen LogP contribution >= 0.6 is 15.9 Å². The van der Waals surface area contributed by atoms with Crippen molar-refractivity contribution in [3.05, 3.63) is 52.8 Å². The first kappa shape index (κ1) is 16.2. The number of nitrogens with zero attached hydrogens (tertiary/aromatic N) is 1. The molecule has 0 aliphatic carbocycles. The van der Waals surface area contributed by atoms with Gasteiger partial charge in [-0.05, 0) is 46.6 Å². The summed E-state index contributed by atoms with van der Waals surface area (Å²) in [6.07, 6.45) is 1.44. The van der Waals surface area contributed by atoms with Crippen LogP contribution in [0.4, 0.5) is 0 Å². The Kier molecular flexibility index (Phi) is 5.21. The molecule has 0 spiro atoms. The van der Waals surface area contributed by atoms with E-state index in [-0.39, 0.29) is 11.4 Å². The van der Waals surface area contributed by atoms with Crippen LogP contribution in [0.25, 0.3) is 0 Å². The van der Waals surface area contributed by atoms with E-state index < -0.39 is 16.1 Å². The lowest BCUT2D eigenvalue weighted by molar-refractivity contribution is 0.161. The number of nitrogens with one attached hydrogen (secondary N) is 1. The molecule has 1 atom stereocenters. The predicted molar refractivity (Wildman–Crippen MR) is 84.3 cm³/mol. The third kappa shape index (κ3) is 3.94. The highest BCUT2D eigenvalue weighted by atomic mass is 79.9. The Hall–Kier alpha value is -1.15. The van der Waals surface area contributed by atoms with Crippen LogP contribution in [0, 0.1) is 0 Å². The first-order valence-corrected chi connectivity index (χ1v) is 8.73. The lowest BCUT2D eigenvalue weighted by Gasteiger charge is -2.13. The fourth-order valence-corrected chi connectivity index (χ4v) is 4.09. The van der Waals surface area contributed by atoms with Gasteiger partial charge in [0.25, 0.3) is 0 Å². The van der Waals surface area contributed by atoms with Gasteiger partial charge in [-0.15, -0.1) is 0 Å². The van der Waals surface area contributed by atoms with E-state index in [9.17, 15) is 13.5 Å². The van der Waals surface area contributed by atoms with Crippen molar-refractivity contribution in [1.82, 2.24) is 9.29 Å². The maximum Gasteiger partial charge on any atom is 0.241 e. The highest BCUT2D eigenvalue weighted by Gasteiger charge is 2.18. The molecule has 0 unspecified atom stereocenters. The van der Waals surface area contributed by atoms with Crippen LogP contribution in [-0.4, -0.2) is 24.6 Å². The van der Waals surface area contributed by atoms with Gasteiger partial charge in [-0.3, -0.25) is 0 Å². The highest BCUT2D eigenvalue weighted by molar-refractivity contribution is 9.10. The fourth-order valence-electron chi connectivity index (χ4n) is 2.04. The van der Waals surface area contributed by atoms with Crippen molar-refractivity contribution in [2.45, 2.75) is 17.4 Å². The molecule has 21 heavy (non-hydrogen) atoms. The summed E-state index contributed by atoms with van der Waals surface area (Å²) in [5.41, 5.74) is 0.759. The molecule has 0 saturated carbocycles. The van der Waals surface area contributed by atoms with Crippen LogP contribution in [0.15, 0.2) is 52.0 Å². The zero-order valence-electron chi connectivity index (χ0n) is 11.5. The van der Waals surface area contributed by atoms with Gasteiger partial charge in [-0.2, -0.15) is 0 Å². The van der Waals surface area contributed by atoms with E-state index in [0.717, 1.165) is 5.69 Å². The Morgan fingerprint density at radius 2 is 2.00 bits per heavy atom. The molecule has 114 valence electrons. The number of rotatable bonds is 6. The maximum absolute atomic E-state index is 12.2. The molecule has 2 N–H and O–H groups in total. The zero-order chi connectivity index (χ0) is 15.5. The zero-order valence-corrected chi connectivity index (χ0v) is 13.9. The van der Waals surface area contributed by atoms with Crippen molar-refractivity contribution in [1.29, 1.82) is 0 Å². The van der Waals surface area contributed by atoms with Crippen molar-refractivity contribution in [2.24, 2.45) is 7.05 Å². The third-order valence-electron chi connectivity index (χ3n) is 3.16. The van der Waals surface area contributed by atoms with E-state index in [4.69, 9.17) is 0 Å². The summed E-state index contributed by atoms with van der Waals surface area (Å²) < 4.78 is 29.1. The number of hydrogen-bond donors (Lipinski definition) is 2. The van der Waals surface area contributed by atoms with Crippen molar-refractivity contribution in [2.75, 3.05) is 6.54 Å². The first-order chi connectivity index (χ1) is 9.92. The van der Waals surface area contributed by atoms with Crippen molar-refractivity contribution in [3.8, 4) is 0 Å². The van der Waals surface area contributed by atoms with Gasteiger partial charge in [0.05, 0.1) is 11.0 Å². The summed E-state index contributed by atoms with van der Waals surface area (Å²) >= 11 is 3.22. The van der Waals surface area contributed by atoms with Crippen LogP contribution < -0.4 is 4.72 Å². The number of aliphatic hydroxyl groups excluding tert-OH is 1. The van der Waals surface area contributed by atoms with Gasteiger partial charge in [0.2, 0.25) is 10.0 Å². The topological polar surface area (TPSA) is 71.3 Å². The molecule has 0 bridgehead atoms. The van der Waals surface area contributed by atoms with Crippen LogP contribution in [0.2, 0.25) is 0 Å². The van der Waals surface area contributed by atoms with Gasteiger partial charge in [0, 0.05) is 30.0 Å². The molecule has 5 nitrogen and oxygen atoms in total. The molecule has 0 aliphatic rings. The standard InChI is InChI=1S/C14H17BrN2O3S/c1-17-10-4-6-12(17)13(18)8-9-16-21(19,20)14-7-3-2-5-11(14)15/h2-7,10,13,16,18H,8-9H2,1H3/t13-/m1/s1. The molecule has 2 aromatic rings. The molecule has 0 aliphatic heterocycles. The Morgan fingerprint density at radius 3 is 2.62 bits per heavy atom. The van der Waals surface area contributed by atoms with E-state index in [0.29, 0.717) is 10.9 Å². The number of aromatic nitrogens is 1. The number of aryl methyl sites for hydroxylation is 1. The lowest BCUT2D eigenvalue weighted by Crippen LogP contribution is -2.26. The minimum atomic E-state index is -3.58. The molecule has 0 saturated heterocycles. The Bertz CT molecular complexity index is 713. The second-order valence-electron chi connectivity index (χ2n) is 4.68. The summed E-state index contributed by atoms with van der Waals surface area (Å²) in [5, 5.41) is 10.0. The average molecular weight is 373 g/mol. The second-order valence-corrected chi connectivity index (χ2v) is 7.27. The summed E-state index contributed by atoms with van der Waals surface area (Å²) in [6, 6.07) is 10.3. The number of hydrogen-bond acceptors (Lipinski definition) is 3. The molecular formula is C14H17BrN2O3S. The Labute approximate surface area is 132 Å². The molecule has 2 rings (SSSR count). The van der Waals surface area contributed by atoms with E-state index in [1.807, 2.05) is 29.9 Å². The van der Waals surface area contributed by atoms with Gasteiger partial charge in [-0.25, -0.2) is 13.1 Å². The van der Waals surface area contributed by atoms with Crippen molar-refractivity contribution >= 4 is 26.0 Å². The maximum atomic E-state index is 12.2. The average Bonchev–Trinajstić information content (AvgIpc) is 2.85. The Balaban J connectivity index is 1.97. The predicted octanol–water partition coefficient (Wildman–Crippen LogP) is 2.19. The van der Waals surface area contributed by atoms with E-state index >= 15 is 0 Å². The minimum Gasteiger partial charge on any atom is -0.387 e. The van der Waals surface area contributed by atoms with E-state index in [2.05, 4.69) is 20.7 Å². The summed E-state index contributed by atoms with van der Waals surface area (Å²) in [5.74, 6) is 0. The number of aliphatic hydroxyl groups is 1. The van der Waals surface area contributed by atoms with E-state index in [1.165, 1.54) is 6.07 Å².